The van der Waals surface area contributed by atoms with Gasteiger partial charge in [-0.2, -0.15) is 9.40 Å². The van der Waals surface area contributed by atoms with Crippen molar-refractivity contribution >= 4 is 21.8 Å². The number of pyridine rings is 1. The Morgan fingerprint density at radius 3 is 2.68 bits per heavy atom. The molecule has 2 aromatic heterocycles. The third-order valence-corrected chi connectivity index (χ3v) is 9.65. The average Bonchev–Trinajstić information content (AvgIpc) is 3.53. The Kier molecular flexibility index (Phi) is 6.32. The summed E-state index contributed by atoms with van der Waals surface area (Å²) in [6, 6.07) is 7.78. The van der Waals surface area contributed by atoms with Crippen molar-refractivity contribution in [3.63, 3.8) is 0 Å². The predicted octanol–water partition coefficient (Wildman–Crippen LogP) is 3.62. The molecule has 0 bridgehead atoms. The minimum absolute atomic E-state index is 0.109. The summed E-state index contributed by atoms with van der Waals surface area (Å²) in [6.07, 6.45) is 7.44. The number of ether oxygens (including phenoxy) is 1. The van der Waals surface area contributed by atoms with Crippen molar-refractivity contribution in [3.05, 3.63) is 71.6 Å². The first kappa shape index (κ1) is 25.1. The molecule has 0 radical (unpaired) electrons. The van der Waals surface area contributed by atoms with Crippen molar-refractivity contribution in [1.82, 2.24) is 19.1 Å². The van der Waals surface area contributed by atoms with Crippen molar-refractivity contribution in [2.75, 3.05) is 44.8 Å². The fourth-order valence-corrected chi connectivity index (χ4v) is 7.43. The Balaban J connectivity index is 1.30. The molecule has 200 valence electrons. The minimum atomic E-state index is -3.84. The molecule has 0 unspecified atom stereocenters. The molecule has 1 aliphatic carbocycles. The van der Waals surface area contributed by atoms with Crippen LogP contribution in [0.2, 0.25) is 0 Å². The van der Waals surface area contributed by atoms with Gasteiger partial charge in [0.2, 0.25) is 10.0 Å². The van der Waals surface area contributed by atoms with E-state index < -0.39 is 21.6 Å². The molecule has 0 saturated carbocycles. The number of benzene rings is 1. The molecule has 8 nitrogen and oxygen atoms in total. The molecule has 6 rings (SSSR count). The highest BCUT2D eigenvalue weighted by Gasteiger charge is 2.46. The number of nitrogens with zero attached hydrogens (tertiary/aromatic N) is 5. The summed E-state index contributed by atoms with van der Waals surface area (Å²) in [5.74, 6) is -0.311. The Morgan fingerprint density at radius 1 is 1.13 bits per heavy atom. The van der Waals surface area contributed by atoms with Crippen LogP contribution in [0.15, 0.2) is 59.4 Å². The topological polar surface area (TPSA) is 80.6 Å². The molecule has 0 spiro atoms. The number of halogens is 2. The largest absolute Gasteiger partial charge is 0.384 e. The third-order valence-electron chi connectivity index (χ3n) is 7.84. The van der Waals surface area contributed by atoms with Crippen molar-refractivity contribution in [2.24, 2.45) is 5.41 Å². The molecule has 38 heavy (non-hydrogen) atoms. The molecule has 0 N–H and O–H groups in total. The Morgan fingerprint density at radius 2 is 1.95 bits per heavy atom. The first-order valence-electron chi connectivity index (χ1n) is 12.7. The average molecular weight is 542 g/mol. The Labute approximate surface area is 220 Å². The van der Waals surface area contributed by atoms with Crippen LogP contribution in [-0.2, 0) is 21.2 Å². The maximum Gasteiger partial charge on any atom is 0.244 e. The van der Waals surface area contributed by atoms with E-state index in [2.05, 4.69) is 16.2 Å². The standard InChI is InChI=1S/C27H29F2N5O3S/c1-37-18-27-12-19-13-31-34(23-4-2-21(28)3-5-23)26(19)10-20(27)6-9-33(17-27)38(35,36)25-11-24(14-30-15-25)32-8-7-22(29)16-32/h2-5,10-11,13-15,22H,6-9,12,16-18H2,1H3/t22-,27-/m1/s1. The summed E-state index contributed by atoms with van der Waals surface area (Å²) in [4.78, 5) is 6.12. The van der Waals surface area contributed by atoms with Gasteiger partial charge in [-0.15, -0.1) is 0 Å². The number of fused-ring (bicyclic) bond motifs is 2. The summed E-state index contributed by atoms with van der Waals surface area (Å²) < 4.78 is 63.7. The first-order valence-corrected chi connectivity index (χ1v) is 14.1. The fourth-order valence-electron chi connectivity index (χ4n) is 5.92. The zero-order valence-electron chi connectivity index (χ0n) is 21.1. The molecule has 3 aromatic rings. The number of sulfonamides is 1. The van der Waals surface area contributed by atoms with Crippen LogP contribution in [0.3, 0.4) is 0 Å². The van der Waals surface area contributed by atoms with Crippen LogP contribution in [0.1, 0.15) is 24.1 Å². The van der Waals surface area contributed by atoms with Crippen LogP contribution in [0, 0.1) is 11.2 Å². The van der Waals surface area contributed by atoms with Crippen LogP contribution in [0.25, 0.3) is 11.8 Å². The lowest BCUT2D eigenvalue weighted by Crippen LogP contribution is -2.51. The molecular formula is C27H29F2N5O3S. The molecule has 3 aliphatic rings. The molecule has 2 aliphatic heterocycles. The van der Waals surface area contributed by atoms with Gasteiger partial charge in [0.15, 0.2) is 0 Å². The molecule has 1 aromatic carbocycles. The van der Waals surface area contributed by atoms with Crippen molar-refractivity contribution in [2.45, 2.75) is 30.3 Å². The number of methoxy groups -OCH3 is 1. The van der Waals surface area contributed by atoms with Gasteiger partial charge in [0.25, 0.3) is 0 Å². The normalized spacial score (nSPS) is 23.7. The van der Waals surface area contributed by atoms with Crippen molar-refractivity contribution in [1.29, 1.82) is 0 Å². The van der Waals surface area contributed by atoms with E-state index in [-0.39, 0.29) is 23.8 Å². The van der Waals surface area contributed by atoms with Gasteiger partial charge in [0.05, 0.1) is 36.1 Å². The van der Waals surface area contributed by atoms with E-state index in [0.717, 1.165) is 22.5 Å². The number of alkyl halides is 1. The first-order chi connectivity index (χ1) is 18.3. The lowest BCUT2D eigenvalue weighted by atomic mass is 9.69. The van der Waals surface area contributed by atoms with Gasteiger partial charge >= 0.3 is 0 Å². The van der Waals surface area contributed by atoms with E-state index in [1.54, 1.807) is 42.4 Å². The van der Waals surface area contributed by atoms with E-state index in [1.807, 2.05) is 4.90 Å². The van der Waals surface area contributed by atoms with E-state index in [9.17, 15) is 17.2 Å². The zero-order chi connectivity index (χ0) is 26.5. The minimum Gasteiger partial charge on any atom is -0.384 e. The fraction of sp³-hybridized carbons (Fsp3) is 0.407. The number of hydrogen-bond acceptors (Lipinski definition) is 6. The molecule has 2 fully saturated rings. The highest BCUT2D eigenvalue weighted by atomic mass is 32.2. The molecule has 2 saturated heterocycles. The smallest absolute Gasteiger partial charge is 0.244 e. The molecule has 0 amide bonds. The second-order valence-corrected chi connectivity index (χ2v) is 12.2. The van der Waals surface area contributed by atoms with Gasteiger partial charge in [0.1, 0.15) is 16.9 Å². The quantitative estimate of drug-likeness (QED) is 0.474. The van der Waals surface area contributed by atoms with Gasteiger partial charge in [0, 0.05) is 44.9 Å². The number of piperidine rings is 1. The number of aromatic nitrogens is 3. The lowest BCUT2D eigenvalue weighted by Gasteiger charge is -2.45. The molecular weight excluding hydrogens is 512 g/mol. The summed E-state index contributed by atoms with van der Waals surface area (Å²) in [7, 11) is -2.22. The highest BCUT2D eigenvalue weighted by Crippen LogP contribution is 2.45. The van der Waals surface area contributed by atoms with Crippen molar-refractivity contribution in [3.8, 4) is 5.69 Å². The van der Waals surface area contributed by atoms with Crippen molar-refractivity contribution < 1.29 is 21.9 Å². The third kappa shape index (κ3) is 4.32. The van der Waals surface area contributed by atoms with E-state index in [0.29, 0.717) is 44.6 Å². The monoisotopic (exact) mass is 541 g/mol. The zero-order valence-corrected chi connectivity index (χ0v) is 21.9. The van der Waals surface area contributed by atoms with Crippen LogP contribution >= 0.6 is 0 Å². The van der Waals surface area contributed by atoms with Crippen LogP contribution in [0.5, 0.6) is 0 Å². The summed E-state index contributed by atoms with van der Waals surface area (Å²) in [6.45, 7) is 1.72. The van der Waals surface area contributed by atoms with Gasteiger partial charge in [-0.3, -0.25) is 4.98 Å². The Hall–Kier alpha value is -3.15. The lowest BCUT2D eigenvalue weighted by molar-refractivity contribution is 0.0733. The van der Waals surface area contributed by atoms with Crippen LogP contribution in [0.4, 0.5) is 14.5 Å². The summed E-state index contributed by atoms with van der Waals surface area (Å²) in [5.41, 5.74) is 3.85. The molecule has 4 heterocycles. The molecule has 2 atom stereocenters. The summed E-state index contributed by atoms with van der Waals surface area (Å²) >= 11 is 0. The maximum atomic E-state index is 13.8. The van der Waals surface area contributed by atoms with E-state index >= 15 is 0 Å². The number of hydrogen-bond donors (Lipinski definition) is 0. The second kappa shape index (κ2) is 9.55. The van der Waals surface area contributed by atoms with Gasteiger partial charge < -0.3 is 9.64 Å². The van der Waals surface area contributed by atoms with E-state index in [4.69, 9.17) is 4.74 Å². The predicted molar refractivity (Wildman–Crippen MR) is 139 cm³/mol. The Bertz CT molecular complexity index is 1490. The SMILES string of the molecule is COC[C@]12Cc3cnn(-c4ccc(F)cc4)c3C=C1CCN(S(=O)(=O)c1cncc(N3CC[C@@H](F)C3)c1)C2. The number of rotatable bonds is 6. The second-order valence-electron chi connectivity index (χ2n) is 10.3. The van der Waals surface area contributed by atoms with Gasteiger partial charge in [-0.25, -0.2) is 21.9 Å². The highest BCUT2D eigenvalue weighted by molar-refractivity contribution is 7.89. The van der Waals surface area contributed by atoms with Crippen LogP contribution in [-0.4, -0.2) is 73.6 Å². The summed E-state index contributed by atoms with van der Waals surface area (Å²) in [5, 5.41) is 4.55. The molecule has 11 heteroatoms. The van der Waals surface area contributed by atoms with E-state index in [1.165, 1.54) is 22.6 Å². The van der Waals surface area contributed by atoms with Gasteiger partial charge in [-0.1, -0.05) is 5.57 Å². The van der Waals surface area contributed by atoms with Crippen LogP contribution < -0.4 is 4.90 Å². The van der Waals surface area contributed by atoms with Gasteiger partial charge in [-0.05, 0) is 61.2 Å². The maximum absolute atomic E-state index is 13.8. The number of anilines is 1.